The van der Waals surface area contributed by atoms with E-state index in [-0.39, 0.29) is 5.41 Å². The molecule has 1 heteroatoms. The third-order valence-electron chi connectivity index (χ3n) is 8.71. The minimum Gasteiger partial charge on any atom is -0.299 e. The van der Waals surface area contributed by atoms with E-state index >= 15 is 0 Å². The first-order valence-electron chi connectivity index (χ1n) is 13.7. The summed E-state index contributed by atoms with van der Waals surface area (Å²) in [6.45, 7) is 16.7. The molecule has 4 fully saturated rings. The lowest BCUT2D eigenvalue weighted by atomic mass is 9.47. The SMILES string of the molecule is CC.CC.CC.CCCC1CCC2C(CCC3C2CCC2(C)C(=O)CCCC32)C1. The predicted molar refractivity (Wildman–Crippen MR) is 129 cm³/mol. The lowest BCUT2D eigenvalue weighted by Crippen LogP contribution is -2.52. The Bertz CT molecular complexity index is 455. The van der Waals surface area contributed by atoms with Crippen molar-refractivity contribution in [3.05, 3.63) is 0 Å². The molecule has 172 valence electrons. The molecule has 4 rings (SSSR count). The monoisotopic (exact) mass is 406 g/mol. The predicted octanol–water partition coefficient (Wildman–Crippen LogP) is 9.09. The first-order chi connectivity index (χ1) is 14.1. The topological polar surface area (TPSA) is 17.1 Å². The Kier molecular flexibility index (Phi) is 12.1. The summed E-state index contributed by atoms with van der Waals surface area (Å²) < 4.78 is 0. The molecule has 0 saturated heterocycles. The standard InChI is InChI=1S/C22H36O.3C2H6/c1-3-5-15-8-10-17-16(14-15)9-11-19-18(17)12-13-22(2)20(19)6-4-7-21(22)23;3*1-2/h15-20H,3-14H2,1-2H3;3*1-2H3. The Morgan fingerprint density at radius 3 is 2.14 bits per heavy atom. The fourth-order valence-electron chi connectivity index (χ4n) is 7.59. The zero-order valence-electron chi connectivity index (χ0n) is 21.4. The second-order valence-corrected chi connectivity index (χ2v) is 9.67. The van der Waals surface area contributed by atoms with Gasteiger partial charge in [0.1, 0.15) is 5.78 Å². The Balaban J connectivity index is 0.000000644. The van der Waals surface area contributed by atoms with Gasteiger partial charge in [-0.05, 0) is 86.9 Å². The van der Waals surface area contributed by atoms with E-state index in [1.54, 1.807) is 0 Å². The van der Waals surface area contributed by atoms with Crippen LogP contribution in [0.15, 0.2) is 0 Å². The van der Waals surface area contributed by atoms with Gasteiger partial charge in [0.15, 0.2) is 0 Å². The molecule has 0 radical (unpaired) electrons. The third kappa shape index (κ3) is 5.68. The highest BCUT2D eigenvalue weighted by molar-refractivity contribution is 5.85. The minimum atomic E-state index is 0.0612. The van der Waals surface area contributed by atoms with E-state index in [9.17, 15) is 4.79 Å². The number of Topliss-reactive ketones (excluding diaryl/α,β-unsaturated/α-hetero) is 1. The molecular weight excluding hydrogens is 352 g/mol. The van der Waals surface area contributed by atoms with Crippen LogP contribution in [-0.2, 0) is 4.79 Å². The number of fused-ring (bicyclic) bond motifs is 5. The number of hydrogen-bond acceptors (Lipinski definition) is 1. The number of carbonyl (C=O) groups is 1. The molecule has 0 N–H and O–H groups in total. The maximum absolute atomic E-state index is 12.6. The molecule has 7 atom stereocenters. The number of rotatable bonds is 2. The van der Waals surface area contributed by atoms with Gasteiger partial charge in [-0.3, -0.25) is 4.79 Å². The van der Waals surface area contributed by atoms with Crippen LogP contribution < -0.4 is 0 Å². The average Bonchev–Trinajstić information content (AvgIpc) is 2.78. The molecule has 0 spiro atoms. The summed E-state index contributed by atoms with van der Waals surface area (Å²) in [7, 11) is 0. The molecule has 4 aliphatic rings. The van der Waals surface area contributed by atoms with Crippen molar-refractivity contribution in [3.8, 4) is 0 Å². The van der Waals surface area contributed by atoms with Crippen LogP contribution >= 0.6 is 0 Å². The Labute approximate surface area is 184 Å². The van der Waals surface area contributed by atoms with Crippen LogP contribution in [-0.4, -0.2) is 5.78 Å². The van der Waals surface area contributed by atoms with Crippen molar-refractivity contribution in [1.82, 2.24) is 0 Å². The van der Waals surface area contributed by atoms with Gasteiger partial charge in [0.25, 0.3) is 0 Å². The van der Waals surface area contributed by atoms with Crippen LogP contribution in [0.3, 0.4) is 0 Å². The van der Waals surface area contributed by atoms with Gasteiger partial charge in [-0.2, -0.15) is 0 Å². The summed E-state index contributed by atoms with van der Waals surface area (Å²) in [5.74, 6) is 6.29. The first kappa shape index (κ1) is 26.7. The number of hydrogen-bond donors (Lipinski definition) is 0. The van der Waals surface area contributed by atoms with Crippen LogP contribution in [0.4, 0.5) is 0 Å². The van der Waals surface area contributed by atoms with Gasteiger partial charge in [-0.1, -0.05) is 74.7 Å². The summed E-state index contributed by atoms with van der Waals surface area (Å²) in [5.41, 5.74) is 0.0612. The average molecular weight is 407 g/mol. The smallest absolute Gasteiger partial charge is 0.139 e. The highest BCUT2D eigenvalue weighted by Gasteiger charge is 2.55. The molecule has 0 amide bonds. The molecule has 4 aliphatic carbocycles. The van der Waals surface area contributed by atoms with Gasteiger partial charge in [0.2, 0.25) is 0 Å². The lowest BCUT2D eigenvalue weighted by Gasteiger charge is -2.57. The maximum atomic E-state index is 12.6. The summed E-state index contributed by atoms with van der Waals surface area (Å²) >= 11 is 0. The van der Waals surface area contributed by atoms with Crippen LogP contribution in [0.2, 0.25) is 0 Å². The summed E-state index contributed by atoms with van der Waals surface area (Å²) in [6.07, 6.45) is 16.3. The molecule has 0 heterocycles. The highest BCUT2D eigenvalue weighted by atomic mass is 16.1. The van der Waals surface area contributed by atoms with E-state index in [4.69, 9.17) is 0 Å². The first-order valence-corrected chi connectivity index (χ1v) is 13.7. The minimum absolute atomic E-state index is 0.0612. The zero-order chi connectivity index (χ0) is 22.0. The summed E-state index contributed by atoms with van der Waals surface area (Å²) in [6, 6.07) is 0. The van der Waals surface area contributed by atoms with Crippen LogP contribution in [0.5, 0.6) is 0 Å². The third-order valence-corrected chi connectivity index (χ3v) is 8.71. The Morgan fingerprint density at radius 1 is 0.828 bits per heavy atom. The molecular formula is C28H54O. The van der Waals surface area contributed by atoms with E-state index in [0.29, 0.717) is 5.78 Å². The largest absolute Gasteiger partial charge is 0.299 e. The van der Waals surface area contributed by atoms with E-state index in [2.05, 4.69) is 13.8 Å². The number of ketones is 1. The molecule has 0 bridgehead atoms. The van der Waals surface area contributed by atoms with Gasteiger partial charge in [-0.25, -0.2) is 0 Å². The van der Waals surface area contributed by atoms with E-state index < -0.39 is 0 Å². The van der Waals surface area contributed by atoms with Crippen molar-refractivity contribution < 1.29 is 4.79 Å². The van der Waals surface area contributed by atoms with E-state index in [1.807, 2.05) is 41.5 Å². The molecule has 0 aromatic heterocycles. The van der Waals surface area contributed by atoms with Crippen LogP contribution in [0.25, 0.3) is 0 Å². The molecule has 1 nitrogen and oxygen atoms in total. The molecule has 0 aromatic rings. The van der Waals surface area contributed by atoms with Gasteiger partial charge in [-0.15, -0.1) is 0 Å². The van der Waals surface area contributed by atoms with E-state index in [1.165, 1.54) is 70.6 Å². The fourth-order valence-corrected chi connectivity index (χ4v) is 7.59. The zero-order valence-corrected chi connectivity index (χ0v) is 21.4. The number of carbonyl (C=O) groups excluding carboxylic acids is 1. The Hall–Kier alpha value is -0.330. The summed E-state index contributed by atoms with van der Waals surface area (Å²) in [5, 5.41) is 0. The van der Waals surface area contributed by atoms with Crippen molar-refractivity contribution in [2.45, 2.75) is 132 Å². The van der Waals surface area contributed by atoms with E-state index in [0.717, 1.165) is 41.9 Å². The van der Waals surface area contributed by atoms with Gasteiger partial charge >= 0.3 is 0 Å². The van der Waals surface area contributed by atoms with Crippen LogP contribution in [0.1, 0.15) is 132 Å². The molecule has 0 aliphatic heterocycles. The maximum Gasteiger partial charge on any atom is 0.139 e. The van der Waals surface area contributed by atoms with Crippen molar-refractivity contribution >= 4 is 5.78 Å². The quantitative estimate of drug-likeness (QED) is 0.447. The molecule has 7 unspecified atom stereocenters. The molecule has 0 aromatic carbocycles. The van der Waals surface area contributed by atoms with Crippen LogP contribution in [0, 0.1) is 40.9 Å². The summed E-state index contributed by atoms with van der Waals surface area (Å²) in [4.78, 5) is 12.6. The van der Waals surface area contributed by atoms with Gasteiger partial charge in [0.05, 0.1) is 0 Å². The van der Waals surface area contributed by atoms with Crippen molar-refractivity contribution in [2.24, 2.45) is 40.9 Å². The lowest BCUT2D eigenvalue weighted by molar-refractivity contribution is -0.147. The highest BCUT2D eigenvalue weighted by Crippen LogP contribution is 2.60. The fraction of sp³-hybridized carbons (Fsp3) is 0.964. The van der Waals surface area contributed by atoms with Crippen molar-refractivity contribution in [1.29, 1.82) is 0 Å². The molecule has 29 heavy (non-hydrogen) atoms. The van der Waals surface area contributed by atoms with Crippen molar-refractivity contribution in [2.75, 3.05) is 0 Å². The second kappa shape index (κ2) is 13.2. The van der Waals surface area contributed by atoms with Gasteiger partial charge < -0.3 is 0 Å². The Morgan fingerprint density at radius 2 is 1.48 bits per heavy atom. The van der Waals surface area contributed by atoms with Gasteiger partial charge in [0, 0.05) is 11.8 Å². The van der Waals surface area contributed by atoms with Crippen molar-refractivity contribution in [3.63, 3.8) is 0 Å². The molecule has 4 saturated carbocycles. The second-order valence-electron chi connectivity index (χ2n) is 9.67. The normalized spacial score (nSPS) is 40.2.